The maximum atomic E-state index is 13.1. The van der Waals surface area contributed by atoms with Crippen LogP contribution in [0, 0.1) is 17.8 Å². The molecule has 0 saturated carbocycles. The molecule has 0 fully saturated rings. The van der Waals surface area contributed by atoms with Gasteiger partial charge in [-0.15, -0.1) is 0 Å². The lowest BCUT2D eigenvalue weighted by Crippen LogP contribution is -2.30. The van der Waals surface area contributed by atoms with Crippen molar-refractivity contribution in [2.24, 2.45) is 17.8 Å². The van der Waals surface area contributed by atoms with Gasteiger partial charge in [-0.2, -0.15) is 0 Å². The molecule has 6 atom stereocenters. The van der Waals surface area contributed by atoms with Crippen molar-refractivity contribution in [1.82, 2.24) is 0 Å². The summed E-state index contributed by atoms with van der Waals surface area (Å²) in [4.78, 5) is 72.8. The number of hydrogen-bond acceptors (Lipinski definition) is 15. The minimum absolute atomic E-state index is 0.0847. The number of phosphoric ester groups is 2. The molecular weight excluding hydrogens is 1270 g/mol. The number of allylic oxidation sites excluding steroid dienone is 4. The topological polar surface area (TPSA) is 237 Å². The Hall–Kier alpha value is -2.46. The molecule has 0 rings (SSSR count). The lowest BCUT2D eigenvalue weighted by molar-refractivity contribution is -0.161. The number of phosphoric acid groups is 2. The van der Waals surface area contributed by atoms with Gasteiger partial charge in [0.25, 0.3) is 0 Å². The van der Waals surface area contributed by atoms with Crippen LogP contribution < -0.4 is 0 Å². The molecule has 19 heteroatoms. The summed E-state index contributed by atoms with van der Waals surface area (Å²) in [6.07, 6.45) is 57.7. The molecule has 0 aromatic carbocycles. The maximum Gasteiger partial charge on any atom is 0.472 e. The molecule has 0 aliphatic heterocycles. The number of aliphatic hydroxyl groups is 1. The fraction of sp³-hybridized carbons (Fsp3) is 0.897. The first-order valence-electron chi connectivity index (χ1n) is 39.7. The normalized spacial score (nSPS) is 14.5. The third-order valence-electron chi connectivity index (χ3n) is 17.9. The fourth-order valence-corrected chi connectivity index (χ4v) is 13.0. The number of rotatable bonds is 74. The van der Waals surface area contributed by atoms with Crippen LogP contribution >= 0.6 is 15.6 Å². The number of ether oxygens (including phenoxy) is 4. The molecule has 0 aliphatic rings. The highest BCUT2D eigenvalue weighted by Crippen LogP contribution is 2.45. The van der Waals surface area contributed by atoms with Crippen molar-refractivity contribution in [3.05, 3.63) is 24.3 Å². The van der Waals surface area contributed by atoms with Crippen molar-refractivity contribution in [2.75, 3.05) is 39.6 Å². The standard InChI is InChI=1S/C78H148O17P2/c1-8-10-11-12-13-14-15-16-17-21-28-33-38-47-54-61-77(82)94-73(65-88-75(80)59-52-45-37-32-27-24-23-25-30-35-42-49-56-69(3)4)67-92-96(84,85)90-63-72(79)64-91-97(86,87)93-68-74(66-89-76(81)60-53-46-41-40-43-50-57-70(5)6)95-78(83)62-55-48-39-34-29-22-19-18-20-26-31-36-44-51-58-71(7)9-2/h14-17,69-74,79H,8-13,18-68H2,1-7H3,(H,84,85)(H,86,87)/b15-14-,17-16-/t71?,72-,73-,74-/m1/s1. The van der Waals surface area contributed by atoms with Gasteiger partial charge in [0.1, 0.15) is 19.3 Å². The van der Waals surface area contributed by atoms with Gasteiger partial charge in [-0.1, -0.05) is 323 Å². The smallest absolute Gasteiger partial charge is 0.462 e. The Kier molecular flexibility index (Phi) is 66.3. The summed E-state index contributed by atoms with van der Waals surface area (Å²) in [7, 11) is -9.93. The van der Waals surface area contributed by atoms with E-state index >= 15 is 0 Å². The van der Waals surface area contributed by atoms with Gasteiger partial charge in [0, 0.05) is 25.7 Å². The van der Waals surface area contributed by atoms with Crippen molar-refractivity contribution in [3.63, 3.8) is 0 Å². The summed E-state index contributed by atoms with van der Waals surface area (Å²) in [5.41, 5.74) is 0. The van der Waals surface area contributed by atoms with Crippen LogP contribution in [0.4, 0.5) is 0 Å². The van der Waals surface area contributed by atoms with Gasteiger partial charge in [-0.3, -0.25) is 37.3 Å². The molecule has 97 heavy (non-hydrogen) atoms. The Balaban J connectivity index is 5.26. The van der Waals surface area contributed by atoms with Crippen molar-refractivity contribution < 1.29 is 80.2 Å². The number of carbonyl (C=O) groups is 4. The van der Waals surface area contributed by atoms with Crippen LogP contribution in [0.15, 0.2) is 24.3 Å². The summed E-state index contributed by atoms with van der Waals surface area (Å²) >= 11 is 0. The number of carbonyl (C=O) groups excluding carboxylic acids is 4. The summed E-state index contributed by atoms with van der Waals surface area (Å²) in [6.45, 7) is 11.8. The van der Waals surface area contributed by atoms with E-state index in [9.17, 15) is 43.2 Å². The zero-order valence-electron chi connectivity index (χ0n) is 63.0. The first kappa shape index (κ1) is 94.5. The molecule has 0 amide bonds. The van der Waals surface area contributed by atoms with Crippen LogP contribution in [0.5, 0.6) is 0 Å². The summed E-state index contributed by atoms with van der Waals surface area (Å²) < 4.78 is 68.5. The molecule has 0 radical (unpaired) electrons. The van der Waals surface area contributed by atoms with Crippen LogP contribution in [0.3, 0.4) is 0 Å². The molecule has 572 valence electrons. The van der Waals surface area contributed by atoms with Crippen LogP contribution in [-0.2, 0) is 65.4 Å². The number of esters is 4. The minimum atomic E-state index is -4.97. The quantitative estimate of drug-likeness (QED) is 0.0169. The van der Waals surface area contributed by atoms with Crippen molar-refractivity contribution >= 4 is 39.5 Å². The van der Waals surface area contributed by atoms with Crippen molar-refractivity contribution in [2.45, 2.75) is 394 Å². The predicted octanol–water partition coefficient (Wildman–Crippen LogP) is 22.5. The highest BCUT2D eigenvalue weighted by molar-refractivity contribution is 7.47. The van der Waals surface area contributed by atoms with Gasteiger partial charge in [-0.25, -0.2) is 9.13 Å². The van der Waals surface area contributed by atoms with Crippen LogP contribution in [0.2, 0.25) is 0 Å². The molecule has 3 unspecified atom stereocenters. The SMILES string of the molecule is CCCCCC/C=C\C=C/CCCCCCCC(=O)O[C@H](COC(=O)CCCCCCCCCCCCCCC(C)C)COP(=O)(O)OC[C@@H](O)COP(=O)(O)OC[C@@H](COC(=O)CCCCCCCCC(C)C)OC(=O)CCCCCCCCCCCCCCCCC(C)CC. The third-order valence-corrected chi connectivity index (χ3v) is 19.8. The minimum Gasteiger partial charge on any atom is -0.462 e. The summed E-state index contributed by atoms with van der Waals surface area (Å²) in [5.74, 6) is 0.154. The molecular formula is C78H148O17P2. The van der Waals surface area contributed by atoms with Gasteiger partial charge in [-0.05, 0) is 69.1 Å². The lowest BCUT2D eigenvalue weighted by Gasteiger charge is -2.21. The van der Waals surface area contributed by atoms with E-state index in [1.165, 1.54) is 167 Å². The van der Waals surface area contributed by atoms with Crippen LogP contribution in [-0.4, -0.2) is 96.7 Å². The van der Waals surface area contributed by atoms with Crippen molar-refractivity contribution in [1.29, 1.82) is 0 Å². The Morgan fingerprint density at radius 3 is 0.918 bits per heavy atom. The van der Waals surface area contributed by atoms with Crippen LogP contribution in [0.25, 0.3) is 0 Å². The third kappa shape index (κ3) is 70.4. The molecule has 0 spiro atoms. The first-order chi connectivity index (χ1) is 46.8. The van der Waals surface area contributed by atoms with E-state index in [0.717, 1.165) is 121 Å². The van der Waals surface area contributed by atoms with Gasteiger partial charge >= 0.3 is 39.5 Å². The molecule has 0 aromatic rings. The zero-order chi connectivity index (χ0) is 71.6. The monoisotopic (exact) mass is 1420 g/mol. The molecule has 0 aliphatic carbocycles. The summed E-state index contributed by atoms with van der Waals surface area (Å²) in [5, 5.41) is 10.6. The van der Waals surface area contributed by atoms with E-state index in [4.69, 9.17) is 37.0 Å². The predicted molar refractivity (Wildman–Crippen MR) is 395 cm³/mol. The van der Waals surface area contributed by atoms with Crippen LogP contribution in [0.1, 0.15) is 376 Å². The Labute approximate surface area is 592 Å². The lowest BCUT2D eigenvalue weighted by atomic mass is 9.99. The maximum absolute atomic E-state index is 13.1. The van der Waals surface area contributed by atoms with Gasteiger partial charge in [0.05, 0.1) is 26.4 Å². The van der Waals surface area contributed by atoms with Gasteiger partial charge in [0.15, 0.2) is 12.2 Å². The Morgan fingerprint density at radius 1 is 0.340 bits per heavy atom. The highest BCUT2D eigenvalue weighted by Gasteiger charge is 2.30. The van der Waals surface area contributed by atoms with E-state index in [2.05, 4.69) is 72.8 Å². The second kappa shape index (κ2) is 68.0. The molecule has 0 bridgehead atoms. The second-order valence-electron chi connectivity index (χ2n) is 28.6. The van der Waals surface area contributed by atoms with Gasteiger partial charge in [0.2, 0.25) is 0 Å². The van der Waals surface area contributed by atoms with E-state index in [1.807, 2.05) is 0 Å². The Bertz CT molecular complexity index is 1980. The van der Waals surface area contributed by atoms with E-state index in [-0.39, 0.29) is 25.7 Å². The highest BCUT2D eigenvalue weighted by atomic mass is 31.2. The van der Waals surface area contributed by atoms with E-state index < -0.39 is 97.5 Å². The number of hydrogen-bond donors (Lipinski definition) is 3. The summed E-state index contributed by atoms with van der Waals surface area (Å²) in [6, 6.07) is 0. The number of unbranched alkanes of at least 4 members (excludes halogenated alkanes) is 38. The van der Waals surface area contributed by atoms with Gasteiger partial charge < -0.3 is 33.8 Å². The molecule has 3 N–H and O–H groups in total. The molecule has 0 saturated heterocycles. The second-order valence-corrected chi connectivity index (χ2v) is 31.5. The zero-order valence-corrected chi connectivity index (χ0v) is 64.8. The molecule has 0 aromatic heterocycles. The average Bonchev–Trinajstić information content (AvgIpc) is 1.04. The number of aliphatic hydroxyl groups excluding tert-OH is 1. The van der Waals surface area contributed by atoms with E-state index in [1.54, 1.807) is 0 Å². The fourth-order valence-electron chi connectivity index (χ4n) is 11.4. The van der Waals surface area contributed by atoms with Crippen molar-refractivity contribution in [3.8, 4) is 0 Å². The Morgan fingerprint density at radius 2 is 0.608 bits per heavy atom. The first-order valence-corrected chi connectivity index (χ1v) is 42.7. The largest absolute Gasteiger partial charge is 0.472 e. The average molecular weight is 1420 g/mol. The van der Waals surface area contributed by atoms with E-state index in [0.29, 0.717) is 31.6 Å². The molecule has 0 heterocycles. The molecule has 17 nitrogen and oxygen atoms in total.